The Morgan fingerprint density at radius 2 is 2.00 bits per heavy atom. The highest BCUT2D eigenvalue weighted by molar-refractivity contribution is 6.01. The summed E-state index contributed by atoms with van der Waals surface area (Å²) in [5.41, 5.74) is 0.477. The molecular formula is C12H13N3O2. The van der Waals surface area contributed by atoms with Gasteiger partial charge in [0, 0.05) is 5.56 Å². The van der Waals surface area contributed by atoms with Crippen LogP contribution in [0.5, 0.6) is 0 Å². The first kappa shape index (κ1) is 11.5. The summed E-state index contributed by atoms with van der Waals surface area (Å²) < 4.78 is 0. The van der Waals surface area contributed by atoms with Crippen molar-refractivity contribution < 1.29 is 5.21 Å². The van der Waals surface area contributed by atoms with Crippen molar-refractivity contribution in [1.82, 2.24) is 5.06 Å². The molecule has 1 heterocycles. The Morgan fingerprint density at radius 3 is 2.59 bits per heavy atom. The summed E-state index contributed by atoms with van der Waals surface area (Å²) in [6, 6.07) is 9.29. The van der Waals surface area contributed by atoms with Gasteiger partial charge in [0.25, 0.3) is 0 Å². The quantitative estimate of drug-likeness (QED) is 0.795. The summed E-state index contributed by atoms with van der Waals surface area (Å²) in [5, 5.41) is 13.9. The number of aliphatic imine (C=N–C) groups is 1. The SMILES string of the molecule is CC1(C)/C(=C/N=O)N=C(c2ccccc2)N1O. The second-order valence-corrected chi connectivity index (χ2v) is 4.29. The minimum Gasteiger partial charge on any atom is -0.286 e. The van der Waals surface area contributed by atoms with E-state index >= 15 is 0 Å². The maximum absolute atomic E-state index is 10.3. The lowest BCUT2D eigenvalue weighted by atomic mass is 10.0. The monoisotopic (exact) mass is 231 g/mol. The lowest BCUT2D eigenvalue weighted by Crippen LogP contribution is -2.41. The first-order chi connectivity index (χ1) is 8.07. The maximum atomic E-state index is 10.3. The molecule has 0 aliphatic carbocycles. The van der Waals surface area contributed by atoms with Crippen LogP contribution in [-0.2, 0) is 0 Å². The van der Waals surface area contributed by atoms with E-state index in [1.54, 1.807) is 13.8 Å². The van der Waals surface area contributed by atoms with E-state index < -0.39 is 5.54 Å². The van der Waals surface area contributed by atoms with E-state index in [1.165, 1.54) is 0 Å². The fourth-order valence-electron chi connectivity index (χ4n) is 1.68. The van der Waals surface area contributed by atoms with Crippen molar-refractivity contribution in [2.45, 2.75) is 19.4 Å². The van der Waals surface area contributed by atoms with Crippen LogP contribution in [0.15, 0.2) is 52.4 Å². The molecule has 0 atom stereocenters. The van der Waals surface area contributed by atoms with E-state index in [0.29, 0.717) is 11.5 Å². The van der Waals surface area contributed by atoms with Crippen molar-refractivity contribution in [3.05, 3.63) is 52.7 Å². The lowest BCUT2D eigenvalue weighted by Gasteiger charge is -2.27. The van der Waals surface area contributed by atoms with Crippen LogP contribution < -0.4 is 0 Å². The number of nitroso groups, excluding NO2 is 1. The van der Waals surface area contributed by atoms with Crippen molar-refractivity contribution in [3.8, 4) is 0 Å². The van der Waals surface area contributed by atoms with E-state index in [2.05, 4.69) is 10.2 Å². The molecule has 0 bridgehead atoms. The zero-order valence-electron chi connectivity index (χ0n) is 9.66. The maximum Gasteiger partial charge on any atom is 0.160 e. The average molecular weight is 231 g/mol. The van der Waals surface area contributed by atoms with Gasteiger partial charge >= 0.3 is 0 Å². The first-order valence-corrected chi connectivity index (χ1v) is 5.23. The van der Waals surface area contributed by atoms with E-state index in [0.717, 1.165) is 16.8 Å². The molecule has 0 fully saturated rings. The number of hydrogen-bond donors (Lipinski definition) is 1. The van der Waals surface area contributed by atoms with Crippen LogP contribution in [0.3, 0.4) is 0 Å². The molecular weight excluding hydrogens is 218 g/mol. The summed E-state index contributed by atoms with van der Waals surface area (Å²) in [4.78, 5) is 14.5. The zero-order valence-corrected chi connectivity index (χ0v) is 9.66. The minimum atomic E-state index is -0.751. The highest BCUT2D eigenvalue weighted by atomic mass is 16.5. The number of nitrogens with zero attached hydrogens (tertiary/aromatic N) is 3. The number of amidine groups is 1. The van der Waals surface area contributed by atoms with E-state index in [9.17, 15) is 10.1 Å². The second-order valence-electron chi connectivity index (χ2n) is 4.29. The fraction of sp³-hybridized carbons (Fsp3) is 0.250. The van der Waals surface area contributed by atoms with E-state index in [-0.39, 0.29) is 0 Å². The van der Waals surface area contributed by atoms with Gasteiger partial charge in [-0.05, 0) is 19.0 Å². The van der Waals surface area contributed by atoms with Gasteiger partial charge in [-0.25, -0.2) is 10.1 Å². The molecule has 0 aromatic heterocycles. The Balaban J connectivity index is 2.47. The molecule has 0 saturated heterocycles. The van der Waals surface area contributed by atoms with Crippen molar-refractivity contribution in [2.24, 2.45) is 10.2 Å². The van der Waals surface area contributed by atoms with Crippen LogP contribution >= 0.6 is 0 Å². The molecule has 17 heavy (non-hydrogen) atoms. The van der Waals surface area contributed by atoms with Crippen LogP contribution in [0.25, 0.3) is 0 Å². The molecule has 0 unspecified atom stereocenters. The molecule has 1 aliphatic rings. The van der Waals surface area contributed by atoms with Crippen LogP contribution in [0.4, 0.5) is 0 Å². The van der Waals surface area contributed by atoms with Gasteiger partial charge in [-0.3, -0.25) is 5.21 Å². The molecule has 88 valence electrons. The molecule has 0 radical (unpaired) electrons. The van der Waals surface area contributed by atoms with Gasteiger partial charge in [-0.2, -0.15) is 0 Å². The molecule has 0 spiro atoms. The van der Waals surface area contributed by atoms with Crippen molar-refractivity contribution in [1.29, 1.82) is 0 Å². The Kier molecular flexibility index (Phi) is 2.77. The first-order valence-electron chi connectivity index (χ1n) is 5.23. The number of hydroxylamine groups is 2. The predicted octanol–water partition coefficient (Wildman–Crippen LogP) is 2.52. The largest absolute Gasteiger partial charge is 0.286 e. The van der Waals surface area contributed by atoms with E-state index in [1.807, 2.05) is 30.3 Å². The topological polar surface area (TPSA) is 65.3 Å². The predicted molar refractivity (Wildman–Crippen MR) is 64.6 cm³/mol. The number of rotatable bonds is 2. The fourth-order valence-corrected chi connectivity index (χ4v) is 1.68. The highest BCUT2D eigenvalue weighted by Crippen LogP contribution is 2.32. The van der Waals surface area contributed by atoms with Crippen LogP contribution in [0.2, 0.25) is 0 Å². The molecule has 5 nitrogen and oxygen atoms in total. The van der Waals surface area contributed by atoms with Crippen LogP contribution in [0.1, 0.15) is 19.4 Å². The summed E-state index contributed by atoms with van der Waals surface area (Å²) >= 11 is 0. The van der Waals surface area contributed by atoms with Crippen LogP contribution in [0, 0.1) is 4.91 Å². The lowest BCUT2D eigenvalue weighted by molar-refractivity contribution is -0.0684. The van der Waals surface area contributed by atoms with Gasteiger partial charge in [0.15, 0.2) is 5.84 Å². The minimum absolute atomic E-state index is 0.422. The van der Waals surface area contributed by atoms with Crippen molar-refractivity contribution >= 4 is 5.84 Å². The summed E-state index contributed by atoms with van der Waals surface area (Å²) in [6.07, 6.45) is 1.12. The van der Waals surface area contributed by atoms with Gasteiger partial charge < -0.3 is 0 Å². The standard InChI is InChI=1S/C12H13N3O2/c1-12(2)10(8-13-16)14-11(15(12)17)9-6-4-3-5-7-9/h3-8,17H,1-2H3/b10-8-. The Bertz CT molecular complexity index is 492. The van der Waals surface area contributed by atoms with Crippen molar-refractivity contribution in [2.75, 3.05) is 0 Å². The Morgan fingerprint density at radius 1 is 1.35 bits per heavy atom. The zero-order chi connectivity index (χ0) is 12.5. The average Bonchev–Trinajstić information content (AvgIpc) is 2.55. The second kappa shape index (κ2) is 4.10. The molecule has 2 rings (SSSR count). The third-order valence-electron chi connectivity index (χ3n) is 2.79. The molecule has 1 aromatic rings. The van der Waals surface area contributed by atoms with Gasteiger partial charge in [0.2, 0.25) is 0 Å². The van der Waals surface area contributed by atoms with Gasteiger partial charge in [-0.15, -0.1) is 4.91 Å². The third-order valence-corrected chi connectivity index (χ3v) is 2.79. The number of benzene rings is 1. The number of hydrogen-bond acceptors (Lipinski definition) is 5. The molecule has 1 aromatic carbocycles. The van der Waals surface area contributed by atoms with Crippen LogP contribution in [-0.4, -0.2) is 21.6 Å². The summed E-state index contributed by atoms with van der Waals surface area (Å²) in [6.45, 7) is 3.53. The summed E-state index contributed by atoms with van der Waals surface area (Å²) in [7, 11) is 0. The van der Waals surface area contributed by atoms with Gasteiger partial charge in [0.1, 0.15) is 5.54 Å². The Labute approximate surface area is 99.0 Å². The normalized spacial score (nSPS) is 20.5. The molecule has 5 heteroatoms. The van der Waals surface area contributed by atoms with Crippen molar-refractivity contribution in [3.63, 3.8) is 0 Å². The third kappa shape index (κ3) is 1.85. The molecule has 1 N–H and O–H groups in total. The van der Waals surface area contributed by atoms with E-state index in [4.69, 9.17) is 0 Å². The highest BCUT2D eigenvalue weighted by Gasteiger charge is 2.39. The van der Waals surface area contributed by atoms with Gasteiger partial charge in [-0.1, -0.05) is 30.3 Å². The molecule has 0 saturated carbocycles. The molecule has 1 aliphatic heterocycles. The summed E-state index contributed by atoms with van der Waals surface area (Å²) in [5.74, 6) is 0.422. The molecule has 0 amide bonds. The smallest absolute Gasteiger partial charge is 0.160 e. The van der Waals surface area contributed by atoms with Gasteiger partial charge in [0.05, 0.1) is 11.9 Å². The Hall–Kier alpha value is -2.01.